The first-order chi connectivity index (χ1) is 8.58. The molecule has 1 aliphatic heterocycles. The Kier molecular flexibility index (Phi) is 4.29. The second-order valence-corrected chi connectivity index (χ2v) is 6.12. The lowest BCUT2D eigenvalue weighted by Crippen LogP contribution is -2.28. The van der Waals surface area contributed by atoms with Crippen LogP contribution in [0.25, 0.3) is 0 Å². The lowest BCUT2D eigenvalue weighted by molar-refractivity contribution is -0.116. The molecule has 0 saturated carbocycles. The summed E-state index contributed by atoms with van der Waals surface area (Å²) < 4.78 is 1.73. The predicted octanol–water partition coefficient (Wildman–Crippen LogP) is 0.820. The van der Waals surface area contributed by atoms with Crippen molar-refractivity contribution in [2.75, 3.05) is 37.8 Å². The van der Waals surface area contributed by atoms with Crippen LogP contribution in [-0.2, 0) is 11.8 Å². The molecular weight excluding hydrogens is 248 g/mol. The summed E-state index contributed by atoms with van der Waals surface area (Å²) >= 11 is 1.77. The minimum absolute atomic E-state index is 0.116. The third-order valence-corrected chi connectivity index (χ3v) is 4.27. The smallest absolute Gasteiger partial charge is 0.240 e. The van der Waals surface area contributed by atoms with Crippen molar-refractivity contribution in [1.82, 2.24) is 14.7 Å². The van der Waals surface area contributed by atoms with Crippen molar-refractivity contribution in [2.24, 2.45) is 7.05 Å². The number of hydrogen-bond acceptors (Lipinski definition) is 4. The zero-order valence-corrected chi connectivity index (χ0v) is 12.0. The summed E-state index contributed by atoms with van der Waals surface area (Å²) in [6.07, 6.45) is 4.58. The molecule has 2 rings (SSSR count). The van der Waals surface area contributed by atoms with Crippen LogP contribution in [0.2, 0.25) is 0 Å². The van der Waals surface area contributed by atoms with Crippen molar-refractivity contribution in [3.63, 3.8) is 0 Å². The molecule has 5 nitrogen and oxygen atoms in total. The van der Waals surface area contributed by atoms with Crippen LogP contribution in [0.3, 0.4) is 0 Å². The molecule has 100 valence electrons. The lowest BCUT2D eigenvalue weighted by Gasteiger charge is -2.15. The van der Waals surface area contributed by atoms with E-state index >= 15 is 0 Å². The summed E-state index contributed by atoms with van der Waals surface area (Å²) in [7, 11) is 5.98. The molecule has 0 spiro atoms. The van der Waals surface area contributed by atoms with Gasteiger partial charge in [-0.3, -0.25) is 9.48 Å². The van der Waals surface area contributed by atoms with Gasteiger partial charge in [0.05, 0.1) is 17.1 Å². The number of hydrogen-bond donors (Lipinski definition) is 0. The van der Waals surface area contributed by atoms with E-state index in [1.54, 1.807) is 22.6 Å². The Bertz CT molecular complexity index is 418. The average Bonchev–Trinajstić information content (AvgIpc) is 2.86. The highest BCUT2D eigenvalue weighted by Gasteiger charge is 2.33. The summed E-state index contributed by atoms with van der Waals surface area (Å²) in [4.78, 5) is 16.2. The second kappa shape index (κ2) is 5.75. The Morgan fingerprint density at radius 2 is 2.33 bits per heavy atom. The van der Waals surface area contributed by atoms with Crippen molar-refractivity contribution in [1.29, 1.82) is 0 Å². The number of aromatic nitrogens is 2. The maximum Gasteiger partial charge on any atom is 0.240 e. The van der Waals surface area contributed by atoms with Crippen molar-refractivity contribution in [2.45, 2.75) is 11.7 Å². The first-order valence-electron chi connectivity index (χ1n) is 6.14. The quantitative estimate of drug-likeness (QED) is 0.793. The van der Waals surface area contributed by atoms with Gasteiger partial charge in [-0.1, -0.05) is 0 Å². The third-order valence-electron chi connectivity index (χ3n) is 3.02. The summed E-state index contributed by atoms with van der Waals surface area (Å²) in [5.74, 6) is 1.23. The van der Waals surface area contributed by atoms with E-state index < -0.39 is 0 Å². The van der Waals surface area contributed by atoms with Crippen LogP contribution in [-0.4, -0.2) is 58.8 Å². The van der Waals surface area contributed by atoms with Crippen LogP contribution in [0.1, 0.15) is 6.42 Å². The van der Waals surface area contributed by atoms with E-state index in [0.717, 1.165) is 31.0 Å². The number of thioether (sulfide) groups is 1. The number of nitrogens with zero attached hydrogens (tertiary/aromatic N) is 4. The Labute approximate surface area is 112 Å². The molecule has 1 aliphatic rings. The molecule has 1 saturated heterocycles. The molecule has 1 aromatic rings. The van der Waals surface area contributed by atoms with Gasteiger partial charge in [-0.25, -0.2) is 0 Å². The number of carbonyl (C=O) groups is 1. The highest BCUT2D eigenvalue weighted by Crippen LogP contribution is 2.28. The van der Waals surface area contributed by atoms with E-state index in [0.29, 0.717) is 0 Å². The molecule has 0 bridgehead atoms. The number of aryl methyl sites for hydroxylation is 1. The molecule has 1 aromatic heterocycles. The summed E-state index contributed by atoms with van der Waals surface area (Å²) in [6, 6.07) is 0. The topological polar surface area (TPSA) is 41.4 Å². The van der Waals surface area contributed by atoms with Gasteiger partial charge in [0.2, 0.25) is 5.91 Å². The van der Waals surface area contributed by atoms with Gasteiger partial charge in [-0.15, -0.1) is 11.8 Å². The molecule has 0 unspecified atom stereocenters. The molecule has 0 N–H and O–H groups in total. The van der Waals surface area contributed by atoms with Gasteiger partial charge in [0.15, 0.2) is 0 Å². The fourth-order valence-electron chi connectivity index (χ4n) is 1.99. The predicted molar refractivity (Wildman–Crippen MR) is 75.0 cm³/mol. The standard InChI is InChI=1S/C12H20N4OS/c1-14(2)6-7-18-11-4-5-16(12(11)17)10-8-13-15(3)9-10/h8-9,11H,4-7H2,1-3H3/t11-/m0/s1. The summed E-state index contributed by atoms with van der Waals surface area (Å²) in [5.41, 5.74) is 0.915. The molecule has 1 fully saturated rings. The fraction of sp³-hybridized carbons (Fsp3) is 0.667. The minimum atomic E-state index is 0.116. The highest BCUT2D eigenvalue weighted by atomic mass is 32.2. The maximum atomic E-state index is 12.2. The van der Waals surface area contributed by atoms with Gasteiger partial charge < -0.3 is 9.80 Å². The Hall–Kier alpha value is -1.01. The van der Waals surface area contributed by atoms with Gasteiger partial charge in [0, 0.05) is 32.1 Å². The normalized spacial score (nSPS) is 20.1. The highest BCUT2D eigenvalue weighted by molar-refractivity contribution is 8.00. The van der Waals surface area contributed by atoms with Crippen LogP contribution >= 0.6 is 11.8 Å². The molecule has 6 heteroatoms. The Balaban J connectivity index is 1.89. The fourth-order valence-corrected chi connectivity index (χ4v) is 3.29. The van der Waals surface area contributed by atoms with E-state index in [9.17, 15) is 4.79 Å². The largest absolute Gasteiger partial charge is 0.309 e. The van der Waals surface area contributed by atoms with Gasteiger partial charge in [0.1, 0.15) is 0 Å². The summed E-state index contributed by atoms with van der Waals surface area (Å²) in [5, 5.41) is 4.23. The number of anilines is 1. The van der Waals surface area contributed by atoms with Crippen LogP contribution in [0.15, 0.2) is 12.4 Å². The monoisotopic (exact) mass is 268 g/mol. The maximum absolute atomic E-state index is 12.2. The molecule has 2 heterocycles. The van der Waals surface area contributed by atoms with E-state index in [1.165, 1.54) is 0 Å². The Morgan fingerprint density at radius 1 is 1.56 bits per heavy atom. The number of amides is 1. The molecule has 0 aromatic carbocycles. The van der Waals surface area contributed by atoms with E-state index in [1.807, 2.05) is 18.1 Å². The van der Waals surface area contributed by atoms with Crippen molar-refractivity contribution < 1.29 is 4.79 Å². The molecular formula is C12H20N4OS. The molecule has 1 atom stereocenters. The van der Waals surface area contributed by atoms with E-state index in [-0.39, 0.29) is 11.2 Å². The van der Waals surface area contributed by atoms with Crippen LogP contribution in [0.4, 0.5) is 5.69 Å². The third kappa shape index (κ3) is 3.05. The lowest BCUT2D eigenvalue weighted by atomic mass is 10.4. The van der Waals surface area contributed by atoms with Crippen molar-refractivity contribution >= 4 is 23.4 Å². The number of carbonyl (C=O) groups excluding carboxylic acids is 1. The molecule has 0 radical (unpaired) electrons. The Morgan fingerprint density at radius 3 is 2.94 bits per heavy atom. The molecule has 0 aliphatic carbocycles. The van der Waals surface area contributed by atoms with E-state index in [2.05, 4.69) is 24.1 Å². The average molecular weight is 268 g/mol. The SMILES string of the molecule is CN(C)CCS[C@H]1CCN(c2cnn(C)c2)C1=O. The zero-order chi connectivity index (χ0) is 13.1. The van der Waals surface area contributed by atoms with Gasteiger partial charge in [-0.2, -0.15) is 5.10 Å². The van der Waals surface area contributed by atoms with Crippen LogP contribution in [0, 0.1) is 0 Å². The first kappa shape index (κ1) is 13.4. The zero-order valence-electron chi connectivity index (χ0n) is 11.2. The van der Waals surface area contributed by atoms with Crippen LogP contribution < -0.4 is 4.90 Å². The number of rotatable bonds is 5. The first-order valence-corrected chi connectivity index (χ1v) is 7.19. The van der Waals surface area contributed by atoms with Gasteiger partial charge in [0.25, 0.3) is 0 Å². The van der Waals surface area contributed by atoms with Gasteiger partial charge in [-0.05, 0) is 20.5 Å². The molecule has 18 heavy (non-hydrogen) atoms. The van der Waals surface area contributed by atoms with Gasteiger partial charge >= 0.3 is 0 Å². The van der Waals surface area contributed by atoms with Crippen molar-refractivity contribution in [3.05, 3.63) is 12.4 Å². The minimum Gasteiger partial charge on any atom is -0.309 e. The second-order valence-electron chi connectivity index (χ2n) is 4.81. The van der Waals surface area contributed by atoms with Crippen molar-refractivity contribution in [3.8, 4) is 0 Å². The molecule has 1 amide bonds. The van der Waals surface area contributed by atoms with E-state index in [4.69, 9.17) is 0 Å². The van der Waals surface area contributed by atoms with Crippen LogP contribution in [0.5, 0.6) is 0 Å². The summed E-state index contributed by atoms with van der Waals surface area (Å²) in [6.45, 7) is 1.82.